The summed E-state index contributed by atoms with van der Waals surface area (Å²) in [5.41, 5.74) is 7.18. The highest BCUT2D eigenvalue weighted by molar-refractivity contribution is 9.10. The molecule has 6 heteroatoms. The van der Waals surface area contributed by atoms with Gasteiger partial charge in [0.25, 0.3) is 0 Å². The highest BCUT2D eigenvalue weighted by atomic mass is 79.9. The molecular weight excluding hydrogens is 339 g/mol. The van der Waals surface area contributed by atoms with E-state index in [1.807, 2.05) is 10.8 Å². The number of nitrogens with two attached hydrogens (primary N) is 1. The van der Waals surface area contributed by atoms with Gasteiger partial charge < -0.3 is 5.73 Å². The second-order valence-electron chi connectivity index (χ2n) is 4.18. The van der Waals surface area contributed by atoms with Crippen LogP contribution in [0.5, 0.6) is 0 Å². The third-order valence-corrected chi connectivity index (χ3v) is 4.53. The molecule has 0 spiro atoms. The van der Waals surface area contributed by atoms with E-state index in [9.17, 15) is 13.2 Å². The summed E-state index contributed by atoms with van der Waals surface area (Å²) in [6.07, 6.45) is -3.79. The molecular formula is C13H11BrF3NS. The molecule has 1 aromatic heterocycles. The van der Waals surface area contributed by atoms with E-state index in [-0.39, 0.29) is 6.04 Å². The van der Waals surface area contributed by atoms with Crippen molar-refractivity contribution in [2.24, 2.45) is 5.73 Å². The monoisotopic (exact) mass is 349 g/mol. The number of hydrogen-bond donors (Lipinski definition) is 1. The van der Waals surface area contributed by atoms with Gasteiger partial charge in [-0.25, -0.2) is 0 Å². The van der Waals surface area contributed by atoms with Crippen molar-refractivity contribution in [2.75, 3.05) is 0 Å². The van der Waals surface area contributed by atoms with Gasteiger partial charge in [-0.2, -0.15) is 24.5 Å². The van der Waals surface area contributed by atoms with Crippen molar-refractivity contribution in [3.63, 3.8) is 0 Å². The van der Waals surface area contributed by atoms with Crippen LogP contribution in [0.1, 0.15) is 22.7 Å². The molecule has 1 atom stereocenters. The number of halogens is 4. The molecule has 2 aromatic rings. The lowest BCUT2D eigenvalue weighted by atomic mass is 10.0. The summed E-state index contributed by atoms with van der Waals surface area (Å²) < 4.78 is 38.2. The topological polar surface area (TPSA) is 26.0 Å². The number of benzene rings is 1. The van der Waals surface area contributed by atoms with Crippen LogP contribution in [0, 0.1) is 0 Å². The second kappa shape index (κ2) is 5.64. The van der Waals surface area contributed by atoms with Gasteiger partial charge in [0.05, 0.1) is 5.56 Å². The van der Waals surface area contributed by atoms with Crippen molar-refractivity contribution in [3.05, 3.63) is 56.2 Å². The molecule has 0 radical (unpaired) electrons. The first-order valence-corrected chi connectivity index (χ1v) is 7.25. The maximum Gasteiger partial charge on any atom is 0.416 e. The van der Waals surface area contributed by atoms with Gasteiger partial charge in [0.1, 0.15) is 0 Å². The quantitative estimate of drug-likeness (QED) is 0.848. The summed E-state index contributed by atoms with van der Waals surface area (Å²) in [5, 5.41) is 3.88. The second-order valence-corrected chi connectivity index (χ2v) is 5.78. The Bertz CT molecular complexity index is 548. The smallest absolute Gasteiger partial charge is 0.324 e. The molecule has 0 saturated carbocycles. The number of hydrogen-bond acceptors (Lipinski definition) is 2. The first kappa shape index (κ1) is 14.6. The lowest BCUT2D eigenvalue weighted by molar-refractivity contribution is -0.137. The molecule has 19 heavy (non-hydrogen) atoms. The standard InChI is InChI=1S/C13H11BrF3NS/c14-11-7-19-6-10(11)12(18)5-8-1-3-9(4-2-8)13(15,16)17/h1-4,6-7,12H,5,18H2. The maximum absolute atomic E-state index is 12.4. The average molecular weight is 350 g/mol. The van der Waals surface area contributed by atoms with Crippen molar-refractivity contribution in [2.45, 2.75) is 18.6 Å². The molecule has 0 aliphatic carbocycles. The molecule has 0 aliphatic heterocycles. The summed E-state index contributed by atoms with van der Waals surface area (Å²) in [4.78, 5) is 0. The van der Waals surface area contributed by atoms with E-state index in [1.54, 1.807) is 0 Å². The van der Waals surface area contributed by atoms with E-state index < -0.39 is 11.7 Å². The molecule has 0 saturated heterocycles. The SMILES string of the molecule is NC(Cc1ccc(C(F)(F)F)cc1)c1cscc1Br. The molecule has 0 bridgehead atoms. The van der Waals surface area contributed by atoms with Crippen LogP contribution in [0.4, 0.5) is 13.2 Å². The molecule has 2 rings (SSSR count). The van der Waals surface area contributed by atoms with Gasteiger partial charge in [0.2, 0.25) is 0 Å². The fourth-order valence-electron chi connectivity index (χ4n) is 1.75. The minimum absolute atomic E-state index is 0.225. The Balaban J connectivity index is 2.10. The number of rotatable bonds is 3. The van der Waals surface area contributed by atoms with Gasteiger partial charge >= 0.3 is 6.18 Å². The minimum atomic E-state index is -4.29. The highest BCUT2D eigenvalue weighted by Gasteiger charge is 2.29. The summed E-state index contributed by atoms with van der Waals surface area (Å²) >= 11 is 4.93. The summed E-state index contributed by atoms with van der Waals surface area (Å²) in [6, 6.07) is 4.90. The minimum Gasteiger partial charge on any atom is -0.324 e. The lowest BCUT2D eigenvalue weighted by Gasteiger charge is -2.12. The average Bonchev–Trinajstić information content (AvgIpc) is 2.75. The van der Waals surface area contributed by atoms with Crippen molar-refractivity contribution in [1.29, 1.82) is 0 Å². The van der Waals surface area contributed by atoms with Gasteiger partial charge in [0.15, 0.2) is 0 Å². The van der Waals surface area contributed by atoms with Crippen molar-refractivity contribution in [3.8, 4) is 0 Å². The third kappa shape index (κ3) is 3.58. The zero-order chi connectivity index (χ0) is 14.0. The molecule has 1 unspecified atom stereocenters. The lowest BCUT2D eigenvalue weighted by Crippen LogP contribution is -2.13. The third-order valence-electron chi connectivity index (χ3n) is 2.78. The van der Waals surface area contributed by atoms with Crippen LogP contribution >= 0.6 is 27.3 Å². The van der Waals surface area contributed by atoms with Crippen molar-refractivity contribution < 1.29 is 13.2 Å². The van der Waals surface area contributed by atoms with Crippen molar-refractivity contribution in [1.82, 2.24) is 0 Å². The van der Waals surface area contributed by atoms with Gasteiger partial charge in [0, 0.05) is 15.9 Å². The first-order chi connectivity index (χ1) is 8.88. The van der Waals surface area contributed by atoms with Gasteiger partial charge in [-0.15, -0.1) is 0 Å². The summed E-state index contributed by atoms with van der Waals surface area (Å²) in [7, 11) is 0. The molecule has 0 fully saturated rings. The van der Waals surface area contributed by atoms with E-state index in [4.69, 9.17) is 5.73 Å². The number of thiophene rings is 1. The van der Waals surface area contributed by atoms with E-state index in [2.05, 4.69) is 15.9 Å². The molecule has 1 nitrogen and oxygen atoms in total. The van der Waals surface area contributed by atoms with E-state index in [0.29, 0.717) is 6.42 Å². The van der Waals surface area contributed by atoms with Crippen LogP contribution < -0.4 is 5.73 Å². The zero-order valence-corrected chi connectivity index (χ0v) is 12.1. The Morgan fingerprint density at radius 1 is 1.16 bits per heavy atom. The van der Waals surface area contributed by atoms with Gasteiger partial charge in [-0.1, -0.05) is 12.1 Å². The van der Waals surface area contributed by atoms with Crippen LogP contribution in [-0.2, 0) is 12.6 Å². The zero-order valence-electron chi connectivity index (χ0n) is 9.75. The number of alkyl halides is 3. The Kier molecular flexibility index (Phi) is 4.32. The fourth-order valence-corrected chi connectivity index (χ4v) is 3.41. The Morgan fingerprint density at radius 2 is 1.79 bits per heavy atom. The van der Waals surface area contributed by atoms with Crippen LogP contribution in [0.15, 0.2) is 39.5 Å². The Hall–Kier alpha value is -0.850. The molecule has 2 N–H and O–H groups in total. The van der Waals surface area contributed by atoms with Gasteiger partial charge in [-0.05, 0) is 51.0 Å². The molecule has 1 aromatic carbocycles. The molecule has 0 aliphatic rings. The highest BCUT2D eigenvalue weighted by Crippen LogP contribution is 2.31. The molecule has 1 heterocycles. The van der Waals surface area contributed by atoms with Crippen LogP contribution in [-0.4, -0.2) is 0 Å². The van der Waals surface area contributed by atoms with E-state index in [0.717, 1.165) is 27.7 Å². The maximum atomic E-state index is 12.4. The Morgan fingerprint density at radius 3 is 2.26 bits per heavy atom. The first-order valence-electron chi connectivity index (χ1n) is 5.51. The predicted molar refractivity (Wildman–Crippen MR) is 74.1 cm³/mol. The Labute approximate surface area is 121 Å². The normalized spacial score (nSPS) is 13.5. The van der Waals surface area contributed by atoms with Crippen LogP contribution in [0.3, 0.4) is 0 Å². The summed E-state index contributed by atoms with van der Waals surface area (Å²) in [6.45, 7) is 0. The fraction of sp³-hybridized carbons (Fsp3) is 0.231. The largest absolute Gasteiger partial charge is 0.416 e. The van der Waals surface area contributed by atoms with E-state index >= 15 is 0 Å². The summed E-state index contributed by atoms with van der Waals surface area (Å²) in [5.74, 6) is 0. The van der Waals surface area contributed by atoms with Crippen LogP contribution in [0.25, 0.3) is 0 Å². The molecule has 0 amide bonds. The van der Waals surface area contributed by atoms with E-state index in [1.165, 1.54) is 23.5 Å². The van der Waals surface area contributed by atoms with Crippen molar-refractivity contribution >= 4 is 27.3 Å². The molecule has 102 valence electrons. The van der Waals surface area contributed by atoms with Gasteiger partial charge in [-0.3, -0.25) is 0 Å². The van der Waals surface area contributed by atoms with Crippen LogP contribution in [0.2, 0.25) is 0 Å². The predicted octanol–water partition coefficient (Wildman–Crippen LogP) is 4.77.